The van der Waals surface area contributed by atoms with Gasteiger partial charge in [-0.1, -0.05) is 18.2 Å². The highest BCUT2D eigenvalue weighted by Gasteiger charge is 2.37. The van der Waals surface area contributed by atoms with Crippen LogP contribution >= 0.6 is 0 Å². The van der Waals surface area contributed by atoms with E-state index in [2.05, 4.69) is 10.4 Å². The van der Waals surface area contributed by atoms with E-state index in [0.717, 1.165) is 11.8 Å². The highest BCUT2D eigenvalue weighted by atomic mass is 19.1. The molecule has 7 heteroatoms. The molecule has 0 unspecified atom stereocenters. The van der Waals surface area contributed by atoms with E-state index in [4.69, 9.17) is 0 Å². The average Bonchev–Trinajstić information content (AvgIpc) is 3.07. The Hall–Kier alpha value is -2.96. The summed E-state index contributed by atoms with van der Waals surface area (Å²) in [5.74, 6) is -1.31. The van der Waals surface area contributed by atoms with E-state index in [1.54, 1.807) is 11.1 Å². The molecule has 2 aliphatic rings. The quantitative estimate of drug-likeness (QED) is 0.913. The molecule has 2 heterocycles. The van der Waals surface area contributed by atoms with Crippen molar-refractivity contribution in [1.29, 1.82) is 0 Å². The summed E-state index contributed by atoms with van der Waals surface area (Å²) in [7, 11) is 0. The number of rotatable bonds is 3. The van der Waals surface area contributed by atoms with Crippen molar-refractivity contribution in [3.63, 3.8) is 0 Å². The predicted octanol–water partition coefficient (Wildman–Crippen LogP) is 3.61. The number of urea groups is 1. The standard InChI is InChI=1S/C19H18F2N4O/c20-14-8-13(9-15(21)10-14)18-6-7-22-25(18)19(26)24-11-17(12-24)23-16-4-2-1-3-5-16/h1-5,7-10,17-18,23H,6,11-12H2/t18-/m0/s1. The van der Waals surface area contributed by atoms with E-state index in [-0.39, 0.29) is 12.1 Å². The van der Waals surface area contributed by atoms with Gasteiger partial charge in [0.15, 0.2) is 0 Å². The average molecular weight is 356 g/mol. The van der Waals surface area contributed by atoms with Gasteiger partial charge in [0.25, 0.3) is 0 Å². The number of carbonyl (C=O) groups is 1. The fraction of sp³-hybridized carbons (Fsp3) is 0.263. The van der Waals surface area contributed by atoms with Gasteiger partial charge in [0.1, 0.15) is 11.6 Å². The number of amides is 2. The van der Waals surface area contributed by atoms with Crippen LogP contribution in [0, 0.1) is 11.6 Å². The maximum atomic E-state index is 13.5. The van der Waals surface area contributed by atoms with Crippen molar-refractivity contribution in [2.75, 3.05) is 18.4 Å². The summed E-state index contributed by atoms with van der Waals surface area (Å²) < 4.78 is 27.0. The van der Waals surface area contributed by atoms with E-state index >= 15 is 0 Å². The minimum atomic E-state index is -0.657. The number of anilines is 1. The molecule has 2 aromatic rings. The molecule has 0 aliphatic carbocycles. The molecule has 1 fully saturated rings. The van der Waals surface area contributed by atoms with Crippen molar-refractivity contribution < 1.29 is 13.6 Å². The Balaban J connectivity index is 1.39. The lowest BCUT2D eigenvalue weighted by Crippen LogP contribution is -2.59. The van der Waals surface area contributed by atoms with Crippen molar-refractivity contribution in [1.82, 2.24) is 9.91 Å². The predicted molar refractivity (Wildman–Crippen MR) is 94.9 cm³/mol. The number of hydrogen-bond donors (Lipinski definition) is 1. The van der Waals surface area contributed by atoms with Crippen LogP contribution in [0.4, 0.5) is 19.3 Å². The van der Waals surface area contributed by atoms with Crippen molar-refractivity contribution in [2.45, 2.75) is 18.5 Å². The number of nitrogens with zero attached hydrogens (tertiary/aromatic N) is 3. The van der Waals surface area contributed by atoms with Gasteiger partial charge >= 0.3 is 6.03 Å². The molecule has 0 spiro atoms. The maximum absolute atomic E-state index is 13.5. The second kappa shape index (κ2) is 6.74. The van der Waals surface area contributed by atoms with Crippen LogP contribution in [0.1, 0.15) is 18.0 Å². The molecule has 0 saturated carbocycles. The molecule has 2 aliphatic heterocycles. The monoisotopic (exact) mass is 356 g/mol. The van der Waals surface area contributed by atoms with Crippen LogP contribution in [0.5, 0.6) is 0 Å². The molecule has 0 radical (unpaired) electrons. The number of hydrazone groups is 1. The van der Waals surface area contributed by atoms with Gasteiger partial charge in [-0.25, -0.2) is 18.6 Å². The van der Waals surface area contributed by atoms with Crippen molar-refractivity contribution in [3.05, 3.63) is 65.7 Å². The van der Waals surface area contributed by atoms with Gasteiger partial charge in [0.05, 0.1) is 12.1 Å². The van der Waals surface area contributed by atoms with Gasteiger partial charge in [0, 0.05) is 37.5 Å². The zero-order valence-corrected chi connectivity index (χ0v) is 14.0. The van der Waals surface area contributed by atoms with Crippen molar-refractivity contribution >= 4 is 17.9 Å². The third kappa shape index (κ3) is 3.24. The van der Waals surface area contributed by atoms with E-state index in [9.17, 15) is 13.6 Å². The Kier molecular flexibility index (Phi) is 4.28. The minimum absolute atomic E-state index is 0.179. The molecule has 2 amide bonds. The first-order valence-corrected chi connectivity index (χ1v) is 8.48. The van der Waals surface area contributed by atoms with E-state index in [0.29, 0.717) is 25.1 Å². The molecule has 0 aromatic heterocycles. The van der Waals surface area contributed by atoms with E-state index in [1.807, 2.05) is 30.3 Å². The van der Waals surface area contributed by atoms with Crippen LogP contribution in [-0.4, -0.2) is 41.3 Å². The van der Waals surface area contributed by atoms with Crippen molar-refractivity contribution in [3.8, 4) is 0 Å². The Morgan fingerprint density at radius 1 is 1.08 bits per heavy atom. The van der Waals surface area contributed by atoms with E-state index in [1.165, 1.54) is 17.1 Å². The first kappa shape index (κ1) is 16.5. The molecule has 4 rings (SSSR count). The summed E-state index contributed by atoms with van der Waals surface area (Å²) >= 11 is 0. The first-order chi connectivity index (χ1) is 12.6. The number of carbonyl (C=O) groups excluding carboxylic acids is 1. The van der Waals surface area contributed by atoms with Gasteiger partial charge in [-0.05, 0) is 29.8 Å². The molecule has 1 atom stereocenters. The Morgan fingerprint density at radius 2 is 1.77 bits per heavy atom. The van der Waals surface area contributed by atoms with Gasteiger partial charge in [-0.2, -0.15) is 5.10 Å². The fourth-order valence-corrected chi connectivity index (χ4v) is 3.28. The smallest absolute Gasteiger partial charge is 0.341 e. The van der Waals surface area contributed by atoms with Crippen LogP contribution in [0.3, 0.4) is 0 Å². The topological polar surface area (TPSA) is 47.9 Å². The van der Waals surface area contributed by atoms with Gasteiger partial charge in [-0.15, -0.1) is 0 Å². The zero-order valence-electron chi connectivity index (χ0n) is 14.0. The lowest BCUT2D eigenvalue weighted by atomic mass is 10.0. The molecule has 2 aromatic carbocycles. The van der Waals surface area contributed by atoms with Crippen LogP contribution < -0.4 is 5.32 Å². The summed E-state index contributed by atoms with van der Waals surface area (Å²) in [6.07, 6.45) is 2.04. The summed E-state index contributed by atoms with van der Waals surface area (Å²) in [6.45, 7) is 1.12. The number of hydrogen-bond acceptors (Lipinski definition) is 3. The summed E-state index contributed by atoms with van der Waals surface area (Å²) in [4.78, 5) is 14.4. The largest absolute Gasteiger partial charge is 0.379 e. The van der Waals surface area contributed by atoms with Crippen LogP contribution in [0.25, 0.3) is 0 Å². The number of halogens is 2. The Labute approximate surface area is 149 Å². The molecule has 134 valence electrons. The van der Waals surface area contributed by atoms with Crippen LogP contribution in [0.2, 0.25) is 0 Å². The number of likely N-dealkylation sites (tertiary alicyclic amines) is 1. The molecular formula is C19H18F2N4O. The SMILES string of the molecule is O=C(N1CC(Nc2ccccc2)C1)N1N=CC[C@H]1c1cc(F)cc(F)c1. The van der Waals surface area contributed by atoms with Crippen molar-refractivity contribution in [2.24, 2.45) is 5.10 Å². The molecule has 1 saturated heterocycles. The van der Waals surface area contributed by atoms with Gasteiger partial charge in [-0.3, -0.25) is 0 Å². The molecule has 1 N–H and O–H groups in total. The summed E-state index contributed by atoms with van der Waals surface area (Å²) in [6, 6.07) is 12.6. The molecule has 5 nitrogen and oxygen atoms in total. The Morgan fingerprint density at radius 3 is 2.46 bits per heavy atom. The lowest BCUT2D eigenvalue weighted by Gasteiger charge is -2.42. The summed E-state index contributed by atoms with van der Waals surface area (Å²) in [5, 5.41) is 8.79. The second-order valence-corrected chi connectivity index (χ2v) is 6.49. The maximum Gasteiger partial charge on any atom is 0.341 e. The third-order valence-corrected chi connectivity index (χ3v) is 4.59. The highest BCUT2D eigenvalue weighted by molar-refractivity contribution is 5.79. The minimum Gasteiger partial charge on any atom is -0.379 e. The zero-order chi connectivity index (χ0) is 18.1. The number of benzene rings is 2. The number of para-hydroxylation sites is 1. The lowest BCUT2D eigenvalue weighted by molar-refractivity contribution is 0.111. The van der Waals surface area contributed by atoms with Crippen LogP contribution in [-0.2, 0) is 0 Å². The number of nitrogens with one attached hydrogen (secondary N) is 1. The molecular weight excluding hydrogens is 338 g/mol. The second-order valence-electron chi connectivity index (χ2n) is 6.49. The van der Waals surface area contributed by atoms with Crippen LogP contribution in [0.15, 0.2) is 53.6 Å². The van der Waals surface area contributed by atoms with Gasteiger partial charge in [0.2, 0.25) is 0 Å². The first-order valence-electron chi connectivity index (χ1n) is 8.48. The third-order valence-electron chi connectivity index (χ3n) is 4.59. The fourth-order valence-electron chi connectivity index (χ4n) is 3.28. The van der Waals surface area contributed by atoms with E-state index < -0.39 is 17.7 Å². The summed E-state index contributed by atoms with van der Waals surface area (Å²) in [5.41, 5.74) is 1.42. The van der Waals surface area contributed by atoms with Gasteiger partial charge < -0.3 is 10.2 Å². The normalized spacial score (nSPS) is 19.5. The highest BCUT2D eigenvalue weighted by Crippen LogP contribution is 2.31. The Bertz CT molecular complexity index is 816. The molecule has 0 bridgehead atoms. The molecule has 26 heavy (non-hydrogen) atoms.